The second-order valence-corrected chi connectivity index (χ2v) is 7.53. The van der Waals surface area contributed by atoms with Crippen molar-refractivity contribution in [2.45, 2.75) is 38.7 Å². The number of benzene rings is 2. The summed E-state index contributed by atoms with van der Waals surface area (Å²) >= 11 is 0. The van der Waals surface area contributed by atoms with E-state index >= 15 is 0 Å². The molecule has 1 fully saturated rings. The van der Waals surface area contributed by atoms with Gasteiger partial charge in [0.05, 0.1) is 6.10 Å². The van der Waals surface area contributed by atoms with Gasteiger partial charge >= 0.3 is 0 Å². The highest BCUT2D eigenvalue weighted by Crippen LogP contribution is 2.15. The third kappa shape index (κ3) is 5.91. The molecule has 1 heterocycles. The molecule has 2 aromatic carbocycles. The lowest BCUT2D eigenvalue weighted by Gasteiger charge is -2.29. The lowest BCUT2D eigenvalue weighted by atomic mass is 9.98. The molecule has 0 saturated carbocycles. The summed E-state index contributed by atoms with van der Waals surface area (Å²) in [5, 5.41) is 12.8. The molecule has 1 aliphatic heterocycles. The SMILES string of the molecule is Cc1ccc(Cc2ccccc2C(=O)NCCCN2CCC[C@H](O)C2)cc1. The van der Waals surface area contributed by atoms with E-state index in [0.29, 0.717) is 6.54 Å². The van der Waals surface area contributed by atoms with Crippen molar-refractivity contribution in [3.8, 4) is 0 Å². The van der Waals surface area contributed by atoms with Crippen molar-refractivity contribution < 1.29 is 9.90 Å². The molecular weight excluding hydrogens is 336 g/mol. The summed E-state index contributed by atoms with van der Waals surface area (Å²) in [4.78, 5) is 14.9. The Hall–Kier alpha value is -2.17. The number of aliphatic hydroxyl groups excluding tert-OH is 1. The van der Waals surface area contributed by atoms with Crippen LogP contribution in [0.3, 0.4) is 0 Å². The molecule has 1 atom stereocenters. The molecule has 0 aromatic heterocycles. The second-order valence-electron chi connectivity index (χ2n) is 7.53. The molecule has 27 heavy (non-hydrogen) atoms. The average Bonchev–Trinajstić information content (AvgIpc) is 2.67. The first kappa shape index (κ1) is 19.6. The zero-order valence-electron chi connectivity index (χ0n) is 16.2. The van der Waals surface area contributed by atoms with E-state index in [4.69, 9.17) is 0 Å². The molecule has 0 unspecified atom stereocenters. The number of carbonyl (C=O) groups is 1. The monoisotopic (exact) mass is 366 g/mol. The Morgan fingerprint density at radius 1 is 1.19 bits per heavy atom. The fourth-order valence-corrected chi connectivity index (χ4v) is 3.66. The van der Waals surface area contributed by atoms with Gasteiger partial charge in [-0.25, -0.2) is 0 Å². The van der Waals surface area contributed by atoms with Crippen molar-refractivity contribution in [3.63, 3.8) is 0 Å². The molecule has 4 heteroatoms. The highest BCUT2D eigenvalue weighted by atomic mass is 16.3. The fraction of sp³-hybridized carbons (Fsp3) is 0.435. The van der Waals surface area contributed by atoms with E-state index in [1.165, 1.54) is 11.1 Å². The number of β-amino-alcohol motifs (C(OH)–C–C–N with tert-alkyl or cyclic N) is 1. The van der Waals surface area contributed by atoms with Crippen LogP contribution in [0, 0.1) is 6.92 Å². The first-order chi connectivity index (χ1) is 13.1. The van der Waals surface area contributed by atoms with Crippen molar-refractivity contribution in [3.05, 3.63) is 70.8 Å². The summed E-state index contributed by atoms with van der Waals surface area (Å²) in [5.74, 6) is -0.00334. The lowest BCUT2D eigenvalue weighted by Crippen LogP contribution is -2.39. The molecule has 2 aromatic rings. The highest BCUT2D eigenvalue weighted by Gasteiger charge is 2.17. The van der Waals surface area contributed by atoms with Gasteiger partial charge in [-0.3, -0.25) is 4.79 Å². The van der Waals surface area contributed by atoms with Gasteiger partial charge in [0.25, 0.3) is 5.91 Å². The van der Waals surface area contributed by atoms with Crippen LogP contribution in [-0.2, 0) is 6.42 Å². The van der Waals surface area contributed by atoms with Crippen LogP contribution in [0.15, 0.2) is 48.5 Å². The third-order valence-corrected chi connectivity index (χ3v) is 5.19. The smallest absolute Gasteiger partial charge is 0.251 e. The summed E-state index contributed by atoms with van der Waals surface area (Å²) < 4.78 is 0. The maximum absolute atomic E-state index is 12.6. The van der Waals surface area contributed by atoms with E-state index in [1.807, 2.05) is 24.3 Å². The zero-order valence-corrected chi connectivity index (χ0v) is 16.2. The number of carbonyl (C=O) groups excluding carboxylic acids is 1. The van der Waals surface area contributed by atoms with E-state index in [-0.39, 0.29) is 12.0 Å². The van der Waals surface area contributed by atoms with Gasteiger partial charge in [-0.1, -0.05) is 48.0 Å². The standard InChI is InChI=1S/C23H30N2O2/c1-18-9-11-19(12-10-18)16-20-6-2-3-8-22(20)23(27)24-13-5-15-25-14-4-7-21(26)17-25/h2-3,6,8-12,21,26H,4-5,7,13-17H2,1H3,(H,24,27)/t21-/m0/s1. The summed E-state index contributed by atoms with van der Waals surface area (Å²) in [5.41, 5.74) is 4.26. The van der Waals surface area contributed by atoms with Crippen molar-refractivity contribution in [1.29, 1.82) is 0 Å². The largest absolute Gasteiger partial charge is 0.392 e. The van der Waals surface area contributed by atoms with E-state index in [0.717, 1.165) is 56.4 Å². The highest BCUT2D eigenvalue weighted by molar-refractivity contribution is 5.95. The minimum Gasteiger partial charge on any atom is -0.392 e. The van der Waals surface area contributed by atoms with Crippen LogP contribution < -0.4 is 5.32 Å². The minimum atomic E-state index is -0.193. The first-order valence-electron chi connectivity index (χ1n) is 9.94. The van der Waals surface area contributed by atoms with Gasteiger partial charge < -0.3 is 15.3 Å². The van der Waals surface area contributed by atoms with Crippen LogP contribution in [0.1, 0.15) is 46.3 Å². The maximum Gasteiger partial charge on any atom is 0.251 e. The van der Waals surface area contributed by atoms with Gasteiger partial charge in [0.15, 0.2) is 0 Å². The van der Waals surface area contributed by atoms with Crippen molar-refractivity contribution in [2.75, 3.05) is 26.2 Å². The third-order valence-electron chi connectivity index (χ3n) is 5.19. The lowest BCUT2D eigenvalue weighted by molar-refractivity contribution is 0.0697. The molecule has 2 N–H and O–H groups in total. The van der Waals surface area contributed by atoms with Crippen molar-refractivity contribution in [2.24, 2.45) is 0 Å². The van der Waals surface area contributed by atoms with E-state index in [9.17, 15) is 9.90 Å². The second kappa shape index (κ2) is 9.67. The van der Waals surface area contributed by atoms with E-state index < -0.39 is 0 Å². The molecule has 0 bridgehead atoms. The number of aliphatic hydroxyl groups is 1. The molecular formula is C23H30N2O2. The Bertz CT molecular complexity index is 742. The molecule has 0 spiro atoms. The zero-order chi connectivity index (χ0) is 19.1. The van der Waals surface area contributed by atoms with Gasteiger partial charge in [-0.2, -0.15) is 0 Å². The van der Waals surface area contributed by atoms with Crippen LogP contribution >= 0.6 is 0 Å². The molecule has 3 rings (SSSR count). The normalized spacial score (nSPS) is 17.6. The number of likely N-dealkylation sites (tertiary alicyclic amines) is 1. The van der Waals surface area contributed by atoms with Crippen molar-refractivity contribution >= 4 is 5.91 Å². The number of hydrogen-bond acceptors (Lipinski definition) is 3. The minimum absolute atomic E-state index is 0.00334. The topological polar surface area (TPSA) is 52.6 Å². The summed E-state index contributed by atoms with van der Waals surface area (Å²) in [6.07, 6.45) is 3.43. The predicted molar refractivity (Wildman–Crippen MR) is 109 cm³/mol. The Morgan fingerprint density at radius 2 is 1.96 bits per heavy atom. The number of nitrogens with one attached hydrogen (secondary N) is 1. The Kier molecular flexibility index (Phi) is 7.02. The Balaban J connectivity index is 1.51. The number of amides is 1. The molecule has 1 saturated heterocycles. The summed E-state index contributed by atoms with van der Waals surface area (Å²) in [6, 6.07) is 16.3. The van der Waals surface area contributed by atoms with Crippen LogP contribution in [-0.4, -0.2) is 48.2 Å². The molecule has 4 nitrogen and oxygen atoms in total. The number of rotatable bonds is 7. The van der Waals surface area contributed by atoms with Crippen LogP contribution in [0.4, 0.5) is 0 Å². The predicted octanol–water partition coefficient (Wildman–Crippen LogP) is 3.16. The van der Waals surface area contributed by atoms with Crippen molar-refractivity contribution in [1.82, 2.24) is 10.2 Å². The Morgan fingerprint density at radius 3 is 2.74 bits per heavy atom. The fourth-order valence-electron chi connectivity index (χ4n) is 3.66. The first-order valence-corrected chi connectivity index (χ1v) is 9.94. The van der Waals surface area contributed by atoms with Gasteiger partial charge in [-0.15, -0.1) is 0 Å². The number of hydrogen-bond donors (Lipinski definition) is 2. The van der Waals surface area contributed by atoms with E-state index in [1.54, 1.807) is 0 Å². The molecule has 1 amide bonds. The van der Waals surface area contributed by atoms with Crippen LogP contribution in [0.2, 0.25) is 0 Å². The number of nitrogens with zero attached hydrogens (tertiary/aromatic N) is 1. The average molecular weight is 367 g/mol. The molecule has 0 radical (unpaired) electrons. The summed E-state index contributed by atoms with van der Waals surface area (Å²) in [7, 11) is 0. The quantitative estimate of drug-likeness (QED) is 0.740. The van der Waals surface area contributed by atoms with E-state index in [2.05, 4.69) is 41.4 Å². The molecule has 0 aliphatic carbocycles. The molecule has 144 valence electrons. The van der Waals surface area contributed by atoms with Crippen LogP contribution in [0.5, 0.6) is 0 Å². The maximum atomic E-state index is 12.6. The van der Waals surface area contributed by atoms with Gasteiger partial charge in [0, 0.05) is 18.7 Å². The number of aryl methyl sites for hydroxylation is 1. The summed E-state index contributed by atoms with van der Waals surface area (Å²) in [6.45, 7) is 5.46. The number of piperidine rings is 1. The molecule has 1 aliphatic rings. The van der Waals surface area contributed by atoms with Gasteiger partial charge in [-0.05, 0) is 62.9 Å². The van der Waals surface area contributed by atoms with Gasteiger partial charge in [0.1, 0.15) is 0 Å². The van der Waals surface area contributed by atoms with Crippen LogP contribution in [0.25, 0.3) is 0 Å². The van der Waals surface area contributed by atoms with Gasteiger partial charge in [0.2, 0.25) is 0 Å². The Labute approximate surface area is 162 Å².